The minimum absolute atomic E-state index is 0.0345. The molecule has 6 nitrogen and oxygen atoms in total. The number of H-pyrrole nitrogens is 1. The number of nitrogens with zero attached hydrogens (tertiary/aromatic N) is 3. The van der Waals surface area contributed by atoms with Crippen LogP contribution in [0, 0.1) is 0 Å². The number of hydrogen-bond acceptors (Lipinski definition) is 5. The molecule has 2 aromatic heterocycles. The third kappa shape index (κ3) is 3.52. The van der Waals surface area contributed by atoms with Gasteiger partial charge in [-0.05, 0) is 23.6 Å². The van der Waals surface area contributed by atoms with Crippen LogP contribution < -0.4 is 5.32 Å². The number of ketones is 1. The van der Waals surface area contributed by atoms with Crippen LogP contribution in [0.15, 0.2) is 72.0 Å². The molecule has 6 heteroatoms. The summed E-state index contributed by atoms with van der Waals surface area (Å²) < 4.78 is 0. The lowest BCUT2D eigenvalue weighted by atomic mass is 10.0. The summed E-state index contributed by atoms with van der Waals surface area (Å²) in [4.78, 5) is 29.3. The summed E-state index contributed by atoms with van der Waals surface area (Å²) in [6, 6.07) is 15.8. The van der Waals surface area contributed by atoms with E-state index >= 15 is 0 Å². The Morgan fingerprint density at radius 3 is 2.86 bits per heavy atom. The van der Waals surface area contributed by atoms with Gasteiger partial charge in [0.05, 0.1) is 17.8 Å². The van der Waals surface area contributed by atoms with Gasteiger partial charge >= 0.3 is 0 Å². The van der Waals surface area contributed by atoms with Crippen LogP contribution >= 0.6 is 0 Å². The highest BCUT2D eigenvalue weighted by molar-refractivity contribution is 6.15. The Labute approximate surface area is 167 Å². The maximum absolute atomic E-state index is 12.7. The van der Waals surface area contributed by atoms with Crippen LogP contribution in [0.1, 0.15) is 28.9 Å². The first-order valence-corrected chi connectivity index (χ1v) is 9.56. The summed E-state index contributed by atoms with van der Waals surface area (Å²) in [5, 5.41) is 5.55. The fraction of sp³-hybridized carbons (Fsp3) is 0.130. The van der Waals surface area contributed by atoms with Crippen molar-refractivity contribution in [3.05, 3.63) is 78.3 Å². The minimum atomic E-state index is 0.0345. The zero-order valence-corrected chi connectivity index (χ0v) is 15.7. The predicted molar refractivity (Wildman–Crippen MR) is 115 cm³/mol. The van der Waals surface area contributed by atoms with E-state index in [0.29, 0.717) is 30.0 Å². The summed E-state index contributed by atoms with van der Waals surface area (Å²) in [5.41, 5.74) is 3.94. The van der Waals surface area contributed by atoms with Gasteiger partial charge in [-0.25, -0.2) is 4.98 Å². The SMILES string of the molecule is O=C(CC1=NC=CC1)c1cccc2[nH]c(NCc3cc4ccccc4cn3)nc12. The second-order valence-electron chi connectivity index (χ2n) is 7.05. The average molecular weight is 381 g/mol. The maximum Gasteiger partial charge on any atom is 0.201 e. The van der Waals surface area contributed by atoms with E-state index in [0.717, 1.165) is 34.1 Å². The van der Waals surface area contributed by atoms with Crippen LogP contribution in [0.3, 0.4) is 0 Å². The van der Waals surface area contributed by atoms with Crippen molar-refractivity contribution in [2.24, 2.45) is 4.99 Å². The number of Topliss-reactive ketones (excluding diaryl/α,β-unsaturated/α-hetero) is 1. The van der Waals surface area contributed by atoms with Crippen LogP contribution in [-0.2, 0) is 6.54 Å². The van der Waals surface area contributed by atoms with Crippen molar-refractivity contribution in [1.29, 1.82) is 0 Å². The number of aliphatic imine (C=N–C) groups is 1. The molecule has 2 N–H and O–H groups in total. The first-order valence-electron chi connectivity index (χ1n) is 9.56. The van der Waals surface area contributed by atoms with E-state index in [4.69, 9.17) is 0 Å². The van der Waals surface area contributed by atoms with Crippen LogP contribution in [0.2, 0.25) is 0 Å². The third-order valence-corrected chi connectivity index (χ3v) is 5.02. The van der Waals surface area contributed by atoms with E-state index in [9.17, 15) is 4.79 Å². The molecule has 0 unspecified atom stereocenters. The summed E-state index contributed by atoms with van der Waals surface area (Å²) >= 11 is 0. The number of rotatable bonds is 6. The molecule has 0 atom stereocenters. The molecule has 0 radical (unpaired) electrons. The van der Waals surface area contributed by atoms with Gasteiger partial charge in [-0.1, -0.05) is 36.4 Å². The van der Waals surface area contributed by atoms with Crippen molar-refractivity contribution < 1.29 is 4.79 Å². The van der Waals surface area contributed by atoms with Gasteiger partial charge in [0.25, 0.3) is 0 Å². The second kappa shape index (κ2) is 7.31. The Balaban J connectivity index is 1.36. The molecule has 0 spiro atoms. The summed E-state index contributed by atoms with van der Waals surface area (Å²) in [5.74, 6) is 0.655. The molecule has 5 rings (SSSR count). The van der Waals surface area contributed by atoms with Crippen molar-refractivity contribution in [2.45, 2.75) is 19.4 Å². The predicted octanol–water partition coefficient (Wildman–Crippen LogP) is 4.65. The number of pyridine rings is 1. The Bertz CT molecular complexity index is 1280. The van der Waals surface area contributed by atoms with Crippen LogP contribution in [0.5, 0.6) is 0 Å². The molecule has 2 aromatic carbocycles. The number of imidazole rings is 1. The third-order valence-electron chi connectivity index (χ3n) is 5.02. The highest BCUT2D eigenvalue weighted by atomic mass is 16.1. The topological polar surface area (TPSA) is 83.0 Å². The Kier molecular flexibility index (Phi) is 4.37. The second-order valence-corrected chi connectivity index (χ2v) is 7.05. The van der Waals surface area contributed by atoms with Crippen molar-refractivity contribution in [3.8, 4) is 0 Å². The Morgan fingerprint density at radius 2 is 2.00 bits per heavy atom. The maximum atomic E-state index is 12.7. The standard InChI is InChI=1S/C23H19N5O/c29-21(12-17-7-4-10-24-17)19-8-3-9-20-22(19)28-23(27-20)26-14-18-11-15-5-1-2-6-16(15)13-25-18/h1-6,8-11,13H,7,12,14H2,(H2,26,27,28). The summed E-state index contributed by atoms with van der Waals surface area (Å²) in [6.07, 6.45) is 6.65. The zero-order valence-electron chi connectivity index (χ0n) is 15.7. The monoisotopic (exact) mass is 381 g/mol. The van der Waals surface area contributed by atoms with Crippen molar-refractivity contribution in [1.82, 2.24) is 15.0 Å². The number of anilines is 1. The highest BCUT2D eigenvalue weighted by Gasteiger charge is 2.16. The molecule has 29 heavy (non-hydrogen) atoms. The zero-order chi connectivity index (χ0) is 19.6. The number of benzene rings is 2. The largest absolute Gasteiger partial charge is 0.350 e. The fourth-order valence-corrected chi connectivity index (χ4v) is 3.54. The van der Waals surface area contributed by atoms with E-state index in [1.807, 2.05) is 48.7 Å². The van der Waals surface area contributed by atoms with E-state index in [2.05, 4.69) is 37.4 Å². The molecule has 3 heterocycles. The number of allylic oxidation sites excluding steroid dienone is 1. The van der Waals surface area contributed by atoms with Crippen molar-refractivity contribution in [2.75, 3.05) is 5.32 Å². The van der Waals surface area contributed by atoms with E-state index in [1.54, 1.807) is 6.20 Å². The first kappa shape index (κ1) is 17.3. The number of fused-ring (bicyclic) bond motifs is 2. The fourth-order valence-electron chi connectivity index (χ4n) is 3.54. The summed E-state index contributed by atoms with van der Waals surface area (Å²) in [6.45, 7) is 0.538. The van der Waals surface area contributed by atoms with Crippen molar-refractivity contribution >= 4 is 39.2 Å². The lowest BCUT2D eigenvalue weighted by Gasteiger charge is -2.04. The van der Waals surface area contributed by atoms with Crippen LogP contribution in [0.4, 0.5) is 5.95 Å². The number of carbonyl (C=O) groups is 1. The molecule has 0 amide bonds. The van der Waals surface area contributed by atoms with Gasteiger partial charge in [-0.2, -0.15) is 0 Å². The smallest absolute Gasteiger partial charge is 0.201 e. The molecule has 0 bridgehead atoms. The molecular weight excluding hydrogens is 362 g/mol. The number of hydrogen-bond donors (Lipinski definition) is 2. The molecule has 0 fully saturated rings. The quantitative estimate of drug-likeness (QED) is 0.476. The van der Waals surface area contributed by atoms with E-state index < -0.39 is 0 Å². The number of carbonyl (C=O) groups excluding carboxylic acids is 1. The summed E-state index contributed by atoms with van der Waals surface area (Å²) in [7, 11) is 0. The van der Waals surface area contributed by atoms with Gasteiger partial charge in [0.2, 0.25) is 5.95 Å². The molecule has 4 aromatic rings. The van der Waals surface area contributed by atoms with Gasteiger partial charge in [-0.15, -0.1) is 0 Å². The van der Waals surface area contributed by atoms with E-state index in [1.165, 1.54) is 0 Å². The number of aromatic amines is 1. The molecule has 142 valence electrons. The molecule has 1 aliphatic heterocycles. The highest BCUT2D eigenvalue weighted by Crippen LogP contribution is 2.21. The number of aromatic nitrogens is 3. The lowest BCUT2D eigenvalue weighted by Crippen LogP contribution is -2.07. The normalized spacial score (nSPS) is 13.2. The molecule has 0 saturated carbocycles. The molecule has 0 aliphatic carbocycles. The first-order chi connectivity index (χ1) is 14.3. The molecule has 0 saturated heterocycles. The number of para-hydroxylation sites is 1. The average Bonchev–Trinajstić information content (AvgIpc) is 3.41. The number of nitrogens with one attached hydrogen (secondary N) is 2. The lowest BCUT2D eigenvalue weighted by molar-refractivity contribution is 0.100. The van der Waals surface area contributed by atoms with Gasteiger partial charge in [0.15, 0.2) is 5.78 Å². The molecular formula is C23H19N5O. The minimum Gasteiger partial charge on any atom is -0.350 e. The van der Waals surface area contributed by atoms with Gasteiger partial charge in [0.1, 0.15) is 5.52 Å². The van der Waals surface area contributed by atoms with Gasteiger partial charge in [0, 0.05) is 41.9 Å². The van der Waals surface area contributed by atoms with Crippen molar-refractivity contribution in [3.63, 3.8) is 0 Å². The Morgan fingerprint density at radius 1 is 1.10 bits per heavy atom. The van der Waals surface area contributed by atoms with E-state index in [-0.39, 0.29) is 5.78 Å². The van der Waals surface area contributed by atoms with Gasteiger partial charge < -0.3 is 10.3 Å². The van der Waals surface area contributed by atoms with Crippen LogP contribution in [0.25, 0.3) is 21.8 Å². The Hall–Kier alpha value is -3.80. The van der Waals surface area contributed by atoms with Crippen LogP contribution in [-0.4, -0.2) is 26.4 Å². The molecule has 1 aliphatic rings. The van der Waals surface area contributed by atoms with Gasteiger partial charge in [-0.3, -0.25) is 14.8 Å².